The number of thiazole rings is 1. The molecular weight excluding hydrogens is 474 g/mol. The van der Waals surface area contributed by atoms with Crippen LogP contribution in [0.2, 0.25) is 0 Å². The van der Waals surface area contributed by atoms with Gasteiger partial charge in [-0.15, -0.1) is 0 Å². The first-order valence-electron chi connectivity index (χ1n) is 12.5. The van der Waals surface area contributed by atoms with Crippen molar-refractivity contribution in [2.24, 2.45) is 16.8 Å². The third-order valence-corrected chi connectivity index (χ3v) is 8.32. The molecule has 0 spiro atoms. The van der Waals surface area contributed by atoms with E-state index >= 15 is 0 Å². The van der Waals surface area contributed by atoms with Crippen LogP contribution in [0.4, 0.5) is 8.78 Å². The molecule has 2 saturated carbocycles. The van der Waals surface area contributed by atoms with E-state index in [1.54, 1.807) is 13.1 Å². The molecule has 10 heteroatoms. The van der Waals surface area contributed by atoms with Crippen molar-refractivity contribution in [3.63, 3.8) is 0 Å². The lowest BCUT2D eigenvalue weighted by atomic mass is 9.81. The van der Waals surface area contributed by atoms with Gasteiger partial charge in [-0.1, -0.05) is 11.3 Å². The zero-order valence-corrected chi connectivity index (χ0v) is 20.9. The Labute approximate surface area is 208 Å². The van der Waals surface area contributed by atoms with E-state index in [9.17, 15) is 13.6 Å². The summed E-state index contributed by atoms with van der Waals surface area (Å²) in [6.07, 6.45) is 9.34. The summed E-state index contributed by atoms with van der Waals surface area (Å²) in [6, 6.07) is 0. The molecule has 3 heterocycles. The van der Waals surface area contributed by atoms with Crippen LogP contribution in [0.25, 0.3) is 0 Å². The van der Waals surface area contributed by atoms with Crippen molar-refractivity contribution in [3.05, 3.63) is 28.4 Å². The predicted molar refractivity (Wildman–Crippen MR) is 128 cm³/mol. The van der Waals surface area contributed by atoms with Gasteiger partial charge in [0.15, 0.2) is 5.89 Å². The van der Waals surface area contributed by atoms with Crippen LogP contribution in [0.15, 0.2) is 15.6 Å². The van der Waals surface area contributed by atoms with Gasteiger partial charge in [-0.2, -0.15) is 0 Å². The van der Waals surface area contributed by atoms with E-state index in [1.165, 1.54) is 16.2 Å². The van der Waals surface area contributed by atoms with Crippen molar-refractivity contribution >= 4 is 23.5 Å². The lowest BCUT2D eigenvalue weighted by Gasteiger charge is -2.33. The number of rotatable bonds is 8. The molecule has 3 aliphatic rings. The van der Waals surface area contributed by atoms with Crippen LogP contribution >= 0.6 is 11.3 Å². The molecule has 1 aliphatic heterocycles. The lowest BCUT2D eigenvalue weighted by Crippen LogP contribution is -2.43. The molecule has 35 heavy (non-hydrogen) atoms. The number of nitrogens with zero attached hydrogens (tertiary/aromatic N) is 4. The average Bonchev–Trinajstić information content (AvgIpc) is 3.40. The van der Waals surface area contributed by atoms with Gasteiger partial charge in [-0.3, -0.25) is 9.69 Å². The number of carbonyl (C=O) groups is 1. The third-order valence-electron chi connectivity index (χ3n) is 7.28. The number of halogens is 2. The van der Waals surface area contributed by atoms with Crippen LogP contribution in [0.3, 0.4) is 0 Å². The molecule has 0 aromatic carbocycles. The van der Waals surface area contributed by atoms with Crippen LogP contribution in [0.5, 0.6) is 5.19 Å². The first-order valence-corrected chi connectivity index (χ1v) is 13.4. The van der Waals surface area contributed by atoms with Crippen molar-refractivity contribution in [2.75, 3.05) is 13.1 Å². The number of aryl methyl sites for hydroxylation is 1. The Morgan fingerprint density at radius 2 is 2.14 bits per heavy atom. The SMILES string of the molecule is Cc1ncc(CC(=O)N=CC2CCC(CCN3CCc4sc(OC5CC(F)(F)C5)nc4C3)CC2)o1. The highest BCUT2D eigenvalue weighted by atomic mass is 32.1. The van der Waals surface area contributed by atoms with Gasteiger partial charge < -0.3 is 9.15 Å². The normalized spacial score (nSPS) is 24.9. The zero-order valence-electron chi connectivity index (χ0n) is 20.0. The molecule has 2 aromatic rings. The van der Waals surface area contributed by atoms with E-state index in [1.807, 2.05) is 6.21 Å². The van der Waals surface area contributed by atoms with Gasteiger partial charge in [0.05, 0.1) is 18.3 Å². The summed E-state index contributed by atoms with van der Waals surface area (Å²) in [6.45, 7) is 4.61. The second-order valence-electron chi connectivity index (χ2n) is 10.1. The van der Waals surface area contributed by atoms with Crippen molar-refractivity contribution in [1.82, 2.24) is 14.9 Å². The van der Waals surface area contributed by atoms with Crippen LogP contribution in [-0.4, -0.2) is 52.1 Å². The van der Waals surface area contributed by atoms with E-state index in [4.69, 9.17) is 9.15 Å². The fourth-order valence-corrected chi connectivity index (χ4v) is 6.14. The van der Waals surface area contributed by atoms with Crippen LogP contribution in [0.1, 0.15) is 67.2 Å². The zero-order chi connectivity index (χ0) is 24.4. The molecule has 5 rings (SSSR count). The number of oxazole rings is 1. The first-order chi connectivity index (χ1) is 16.8. The fraction of sp³-hybridized carbons (Fsp3) is 0.680. The Kier molecular flexibility index (Phi) is 7.29. The molecule has 1 amide bonds. The maximum absolute atomic E-state index is 13.0. The minimum Gasteiger partial charge on any atom is -0.466 e. The summed E-state index contributed by atoms with van der Waals surface area (Å²) in [5.74, 6) is -0.573. The first kappa shape index (κ1) is 24.5. The Morgan fingerprint density at radius 1 is 1.34 bits per heavy atom. The van der Waals surface area contributed by atoms with Gasteiger partial charge in [-0.05, 0) is 56.9 Å². The number of ether oxygens (including phenoxy) is 1. The second-order valence-corrected chi connectivity index (χ2v) is 11.2. The quantitative estimate of drug-likeness (QED) is 0.468. The number of alkyl halides is 2. The average molecular weight is 507 g/mol. The van der Waals surface area contributed by atoms with Crippen molar-refractivity contribution in [1.29, 1.82) is 0 Å². The minimum absolute atomic E-state index is 0.160. The monoisotopic (exact) mass is 506 g/mol. The highest BCUT2D eigenvalue weighted by molar-refractivity contribution is 7.13. The number of hydrogen-bond acceptors (Lipinski definition) is 7. The highest BCUT2D eigenvalue weighted by Gasteiger charge is 2.47. The Balaban J connectivity index is 1.00. The maximum atomic E-state index is 13.0. The predicted octanol–water partition coefficient (Wildman–Crippen LogP) is 5.01. The topological polar surface area (TPSA) is 80.8 Å². The van der Waals surface area contributed by atoms with Gasteiger partial charge in [0.2, 0.25) is 0 Å². The van der Waals surface area contributed by atoms with E-state index in [-0.39, 0.29) is 25.2 Å². The molecule has 190 valence electrons. The summed E-state index contributed by atoms with van der Waals surface area (Å²) in [5, 5.41) is 0.548. The molecule has 0 radical (unpaired) electrons. The number of amides is 1. The summed E-state index contributed by atoms with van der Waals surface area (Å²) >= 11 is 1.52. The van der Waals surface area contributed by atoms with Gasteiger partial charge in [0.25, 0.3) is 17.0 Å². The van der Waals surface area contributed by atoms with Gasteiger partial charge in [0.1, 0.15) is 11.9 Å². The van der Waals surface area contributed by atoms with E-state index in [0.717, 1.165) is 63.9 Å². The van der Waals surface area contributed by atoms with E-state index in [2.05, 4.69) is 19.9 Å². The number of aromatic nitrogens is 2. The van der Waals surface area contributed by atoms with Crippen molar-refractivity contribution in [2.45, 2.75) is 83.3 Å². The Hall–Kier alpha value is -2.20. The van der Waals surface area contributed by atoms with Gasteiger partial charge in [0, 0.05) is 43.9 Å². The molecule has 0 N–H and O–H groups in total. The van der Waals surface area contributed by atoms with E-state index in [0.29, 0.717) is 28.7 Å². The van der Waals surface area contributed by atoms with Crippen LogP contribution in [-0.2, 0) is 24.2 Å². The highest BCUT2D eigenvalue weighted by Crippen LogP contribution is 2.41. The number of carbonyl (C=O) groups excluding carboxylic acids is 1. The molecule has 0 unspecified atom stereocenters. The summed E-state index contributed by atoms with van der Waals surface area (Å²) in [7, 11) is 0. The molecule has 0 saturated heterocycles. The molecule has 7 nitrogen and oxygen atoms in total. The fourth-order valence-electron chi connectivity index (χ4n) is 5.16. The minimum atomic E-state index is -2.57. The Bertz CT molecular complexity index is 1050. The standard InChI is InChI=1S/C25H32F2N4O3S/c1-16-28-14-19(33-16)10-23(32)29-13-18-4-2-17(3-5-18)6-8-31-9-7-22-21(15-31)30-24(35-22)34-20-11-25(26,27)12-20/h13-14,17-18,20H,2-12,15H2,1H3. The summed E-state index contributed by atoms with van der Waals surface area (Å²) < 4.78 is 37.1. The third kappa shape index (κ3) is 6.52. The van der Waals surface area contributed by atoms with Crippen LogP contribution < -0.4 is 4.74 Å². The second kappa shape index (κ2) is 10.4. The van der Waals surface area contributed by atoms with Gasteiger partial charge >= 0.3 is 0 Å². The lowest BCUT2D eigenvalue weighted by molar-refractivity contribution is -0.134. The molecular formula is C25H32F2N4O3S. The smallest absolute Gasteiger partial charge is 0.273 e. The maximum Gasteiger partial charge on any atom is 0.273 e. The molecule has 2 aromatic heterocycles. The van der Waals surface area contributed by atoms with Crippen molar-refractivity contribution < 1.29 is 22.7 Å². The number of hydrogen-bond donors (Lipinski definition) is 0. The van der Waals surface area contributed by atoms with Crippen LogP contribution in [0, 0.1) is 18.8 Å². The summed E-state index contributed by atoms with van der Waals surface area (Å²) in [4.78, 5) is 28.5. The van der Waals surface area contributed by atoms with E-state index < -0.39 is 12.0 Å². The number of aliphatic imine (C=N–C) groups is 1. The molecule has 2 fully saturated rings. The molecule has 2 aliphatic carbocycles. The molecule has 0 bridgehead atoms. The van der Waals surface area contributed by atoms with Gasteiger partial charge in [-0.25, -0.2) is 23.7 Å². The Morgan fingerprint density at radius 3 is 2.86 bits per heavy atom. The van der Waals surface area contributed by atoms with Crippen molar-refractivity contribution in [3.8, 4) is 5.19 Å². The molecule has 0 atom stereocenters. The summed E-state index contributed by atoms with van der Waals surface area (Å²) in [5.41, 5.74) is 1.05. The number of fused-ring (bicyclic) bond motifs is 1. The largest absolute Gasteiger partial charge is 0.466 e.